The number of halogens is 4. The zero-order valence-electron chi connectivity index (χ0n) is 19.0. The van der Waals surface area contributed by atoms with Gasteiger partial charge in [-0.3, -0.25) is 4.98 Å². The number of nitrogens with one attached hydrogen (secondary N) is 3. The van der Waals surface area contributed by atoms with Crippen LogP contribution in [0, 0.1) is 23.1 Å². The number of aromatic amines is 1. The molecular formula is C24H14Cl2F2N8. The van der Waals surface area contributed by atoms with Crippen LogP contribution in [0.2, 0.25) is 10.0 Å². The summed E-state index contributed by atoms with van der Waals surface area (Å²) in [5.74, 6) is -2.40. The number of hydrogen-bond donors (Lipinski definition) is 3. The molecule has 0 saturated heterocycles. The molecular weight excluding hydrogens is 509 g/mol. The second kappa shape index (κ2) is 9.73. The van der Waals surface area contributed by atoms with Gasteiger partial charge in [0.2, 0.25) is 5.95 Å². The Morgan fingerprint density at radius 2 is 1.83 bits per heavy atom. The third kappa shape index (κ3) is 4.62. The van der Waals surface area contributed by atoms with Gasteiger partial charge in [0.1, 0.15) is 11.8 Å². The smallest absolute Gasteiger partial charge is 0.249 e. The van der Waals surface area contributed by atoms with E-state index < -0.39 is 17.8 Å². The van der Waals surface area contributed by atoms with E-state index in [9.17, 15) is 15.4 Å². The molecule has 5 rings (SSSR count). The van der Waals surface area contributed by atoms with Crippen LogP contribution in [0.25, 0.3) is 10.9 Å². The number of rotatable bonds is 6. The number of anilines is 3. The number of aromatic nitrogens is 5. The highest BCUT2D eigenvalue weighted by Gasteiger charge is 2.19. The van der Waals surface area contributed by atoms with Crippen LogP contribution in [0.4, 0.5) is 25.8 Å². The van der Waals surface area contributed by atoms with E-state index in [0.29, 0.717) is 27.2 Å². The van der Waals surface area contributed by atoms with E-state index >= 15 is 0 Å². The average Bonchev–Trinajstić information content (AvgIpc) is 3.43. The minimum absolute atomic E-state index is 0.107. The monoisotopic (exact) mass is 523 g/mol. The van der Waals surface area contributed by atoms with Gasteiger partial charge < -0.3 is 10.6 Å². The van der Waals surface area contributed by atoms with Gasteiger partial charge in [-0.25, -0.2) is 9.37 Å². The topological polar surface area (TPSA) is 115 Å². The molecule has 0 aliphatic rings. The number of nitriles is 1. The lowest BCUT2D eigenvalue weighted by Gasteiger charge is -2.20. The van der Waals surface area contributed by atoms with Crippen molar-refractivity contribution in [2.45, 2.75) is 6.02 Å². The molecule has 3 heterocycles. The van der Waals surface area contributed by atoms with E-state index in [-0.39, 0.29) is 27.7 Å². The van der Waals surface area contributed by atoms with Crippen molar-refractivity contribution in [3.63, 3.8) is 0 Å². The van der Waals surface area contributed by atoms with Crippen molar-refractivity contribution in [1.82, 2.24) is 25.4 Å². The fraction of sp³-hybridized carbons (Fsp3) is 0.0417. The maximum atomic E-state index is 13.8. The van der Waals surface area contributed by atoms with Crippen LogP contribution >= 0.6 is 23.2 Å². The quantitative estimate of drug-likeness (QED) is 0.228. The maximum Gasteiger partial charge on any atom is 0.249 e. The van der Waals surface area contributed by atoms with Gasteiger partial charge in [0.15, 0.2) is 5.82 Å². The number of hydrogen-bond acceptors (Lipinski definition) is 7. The summed E-state index contributed by atoms with van der Waals surface area (Å²) < 4.78 is 36.4. The predicted molar refractivity (Wildman–Crippen MR) is 132 cm³/mol. The molecule has 0 aliphatic heterocycles. The van der Waals surface area contributed by atoms with Crippen LogP contribution in [0.3, 0.4) is 0 Å². The third-order valence-electron chi connectivity index (χ3n) is 5.18. The lowest BCUT2D eigenvalue weighted by atomic mass is 10.0. The van der Waals surface area contributed by atoms with Gasteiger partial charge in [0.05, 0.1) is 47.3 Å². The Morgan fingerprint density at radius 3 is 2.53 bits per heavy atom. The molecule has 0 radical (unpaired) electrons. The van der Waals surface area contributed by atoms with E-state index in [0.717, 1.165) is 12.3 Å². The van der Waals surface area contributed by atoms with E-state index in [1.807, 2.05) is 6.07 Å². The normalized spacial score (nSPS) is 13.0. The lowest BCUT2D eigenvalue weighted by molar-refractivity contribution is 0.480. The number of pyridine rings is 2. The number of H-pyrrole nitrogens is 1. The van der Waals surface area contributed by atoms with E-state index in [4.69, 9.17) is 23.2 Å². The number of benzene rings is 2. The summed E-state index contributed by atoms with van der Waals surface area (Å²) in [5.41, 5.74) is 1.97. The zero-order valence-corrected chi connectivity index (χ0v) is 19.5. The molecule has 3 aromatic heterocycles. The molecule has 0 fully saturated rings. The Kier molecular flexibility index (Phi) is 5.99. The Bertz CT molecular complexity index is 1660. The minimum atomic E-state index is -1.62. The fourth-order valence-corrected chi connectivity index (χ4v) is 3.95. The highest BCUT2D eigenvalue weighted by atomic mass is 35.5. The van der Waals surface area contributed by atoms with Crippen LogP contribution in [0.15, 0.2) is 61.1 Å². The molecule has 36 heavy (non-hydrogen) atoms. The number of fused-ring (bicyclic) bond motifs is 1. The molecule has 0 bridgehead atoms. The molecule has 12 heteroatoms. The molecule has 0 unspecified atom stereocenters. The van der Waals surface area contributed by atoms with Gasteiger partial charge in [0, 0.05) is 28.4 Å². The van der Waals surface area contributed by atoms with Crippen molar-refractivity contribution in [2.24, 2.45) is 0 Å². The molecule has 0 saturated carbocycles. The van der Waals surface area contributed by atoms with Crippen LogP contribution in [-0.2, 0) is 0 Å². The second-order valence-electron chi connectivity index (χ2n) is 7.50. The number of nitrogens with zero attached hydrogens (tertiary/aromatic N) is 5. The molecule has 2 aromatic carbocycles. The Morgan fingerprint density at radius 1 is 1.03 bits per heavy atom. The summed E-state index contributed by atoms with van der Waals surface area (Å²) in [7, 11) is 0. The summed E-state index contributed by atoms with van der Waals surface area (Å²) in [6.45, 7) is 0. The van der Waals surface area contributed by atoms with Gasteiger partial charge in [-0.2, -0.15) is 25.1 Å². The largest absolute Gasteiger partial charge is 0.373 e. The SMILES string of the molecule is [2H][C@](Nc1cc(Cl)c2ncc(C#N)c(Nc3cnc(F)c(F)c3)c2c1)(c1ccc(Cl)cc1)c1cn[nH]n1. The molecule has 0 spiro atoms. The van der Waals surface area contributed by atoms with Crippen LogP contribution in [-0.4, -0.2) is 25.4 Å². The van der Waals surface area contributed by atoms with Crippen molar-refractivity contribution >= 4 is 51.2 Å². The highest BCUT2D eigenvalue weighted by molar-refractivity contribution is 6.36. The lowest BCUT2D eigenvalue weighted by Crippen LogP contribution is -2.13. The Hall–Kier alpha value is -4.33. The Labute approximate surface area is 214 Å². The third-order valence-corrected chi connectivity index (χ3v) is 5.72. The first-order valence-electron chi connectivity index (χ1n) is 10.8. The van der Waals surface area contributed by atoms with E-state index in [1.165, 1.54) is 12.4 Å². The van der Waals surface area contributed by atoms with Gasteiger partial charge in [-0.15, -0.1) is 0 Å². The van der Waals surface area contributed by atoms with E-state index in [1.54, 1.807) is 36.4 Å². The van der Waals surface area contributed by atoms with Crippen molar-refractivity contribution in [3.05, 3.63) is 99.7 Å². The molecule has 1 atom stereocenters. The predicted octanol–water partition coefficient (Wildman–Crippen LogP) is 6.15. The van der Waals surface area contributed by atoms with E-state index in [2.05, 4.69) is 36.0 Å². The molecule has 0 amide bonds. The average molecular weight is 524 g/mol. The Balaban J connectivity index is 1.65. The van der Waals surface area contributed by atoms with Crippen molar-refractivity contribution in [2.75, 3.05) is 10.6 Å². The molecule has 178 valence electrons. The molecule has 8 nitrogen and oxygen atoms in total. The first kappa shape index (κ1) is 22.2. The summed E-state index contributed by atoms with van der Waals surface area (Å²) in [6.07, 6.45) is 3.82. The summed E-state index contributed by atoms with van der Waals surface area (Å²) in [5, 5.41) is 27.3. The molecule has 5 aromatic rings. The van der Waals surface area contributed by atoms with Gasteiger partial charge >= 0.3 is 0 Å². The summed E-state index contributed by atoms with van der Waals surface area (Å²) in [4.78, 5) is 7.65. The minimum Gasteiger partial charge on any atom is -0.373 e. The van der Waals surface area contributed by atoms with Gasteiger partial charge in [-0.1, -0.05) is 35.3 Å². The standard InChI is InChI=1S/C24H14Cl2F2N8/c25-14-3-1-12(2-4-14)22(20-11-32-36-35-20)33-15-5-17-21(34-16-7-19(27)24(28)31-10-16)13(8-29)9-30-23(17)18(26)6-15/h1-7,9-11,22,33H,(H,30,34)(H,32,35,36)/t22-/m0/s1/i22D. The molecule has 0 aliphatic carbocycles. The van der Waals surface area contributed by atoms with Crippen LogP contribution in [0.5, 0.6) is 0 Å². The van der Waals surface area contributed by atoms with Gasteiger partial charge in [-0.05, 0) is 29.8 Å². The second-order valence-corrected chi connectivity index (χ2v) is 8.34. The first-order valence-corrected chi connectivity index (χ1v) is 11.0. The summed E-state index contributed by atoms with van der Waals surface area (Å²) >= 11 is 12.6. The van der Waals surface area contributed by atoms with Crippen LogP contribution in [0.1, 0.15) is 24.2 Å². The molecule has 3 N–H and O–H groups in total. The van der Waals surface area contributed by atoms with Crippen molar-refractivity contribution < 1.29 is 10.2 Å². The van der Waals surface area contributed by atoms with Crippen molar-refractivity contribution in [1.29, 1.82) is 5.26 Å². The first-order chi connectivity index (χ1) is 17.8. The summed E-state index contributed by atoms with van der Waals surface area (Å²) in [6, 6.07) is 11.2. The highest BCUT2D eigenvalue weighted by Crippen LogP contribution is 2.36. The zero-order chi connectivity index (χ0) is 26.2. The van der Waals surface area contributed by atoms with Crippen LogP contribution < -0.4 is 10.6 Å². The maximum absolute atomic E-state index is 13.8. The van der Waals surface area contributed by atoms with Crippen molar-refractivity contribution in [3.8, 4) is 6.07 Å². The van der Waals surface area contributed by atoms with Gasteiger partial charge in [0.25, 0.3) is 0 Å². The fourth-order valence-electron chi connectivity index (χ4n) is 3.55.